The van der Waals surface area contributed by atoms with Crippen molar-refractivity contribution < 1.29 is 14.4 Å². The molecule has 1 aliphatic heterocycles. The van der Waals surface area contributed by atoms with E-state index in [2.05, 4.69) is 15.5 Å². The van der Waals surface area contributed by atoms with Crippen molar-refractivity contribution in [1.29, 1.82) is 0 Å². The highest BCUT2D eigenvalue weighted by Crippen LogP contribution is 2.29. The van der Waals surface area contributed by atoms with E-state index in [0.717, 1.165) is 9.91 Å². The zero-order valence-electron chi connectivity index (χ0n) is 15.7. The molecule has 0 bridgehead atoms. The van der Waals surface area contributed by atoms with E-state index in [4.69, 9.17) is 0 Å². The van der Waals surface area contributed by atoms with Crippen LogP contribution in [0.3, 0.4) is 0 Å². The second-order valence-electron chi connectivity index (χ2n) is 6.95. The molecule has 2 heterocycles. The number of hydrogen-bond acceptors (Lipinski definition) is 6. The lowest BCUT2D eigenvalue weighted by Gasteiger charge is -2.29. The summed E-state index contributed by atoms with van der Waals surface area (Å²) in [5.74, 6) is -1.29. The van der Waals surface area contributed by atoms with Gasteiger partial charge < -0.3 is 0 Å². The molecule has 1 aromatic carbocycles. The average Bonchev–Trinajstić information content (AvgIpc) is 3.21. The topological polar surface area (TPSA) is 92.3 Å². The molecular formula is C19H22N4O3S. The van der Waals surface area contributed by atoms with E-state index in [9.17, 15) is 14.4 Å². The molecule has 1 aliphatic rings. The minimum absolute atomic E-state index is 0.203. The molecule has 0 saturated heterocycles. The Hall–Kier alpha value is -2.61. The Labute approximate surface area is 161 Å². The van der Waals surface area contributed by atoms with Crippen molar-refractivity contribution in [2.45, 2.75) is 46.1 Å². The Morgan fingerprint density at radius 1 is 1.11 bits per heavy atom. The van der Waals surface area contributed by atoms with Crippen molar-refractivity contribution in [3.8, 4) is 0 Å². The number of hydrogen-bond donors (Lipinski definition) is 1. The summed E-state index contributed by atoms with van der Waals surface area (Å²) in [6, 6.07) is 5.73. The smallest absolute Gasteiger partial charge is 0.262 e. The summed E-state index contributed by atoms with van der Waals surface area (Å²) in [7, 11) is 0. The molecule has 7 nitrogen and oxygen atoms in total. The molecule has 3 amide bonds. The van der Waals surface area contributed by atoms with Crippen molar-refractivity contribution in [2.24, 2.45) is 5.92 Å². The van der Waals surface area contributed by atoms with E-state index in [1.54, 1.807) is 24.3 Å². The lowest BCUT2D eigenvalue weighted by Crippen LogP contribution is -2.50. The summed E-state index contributed by atoms with van der Waals surface area (Å²) >= 11 is 1.29. The Morgan fingerprint density at radius 3 is 2.19 bits per heavy atom. The molecule has 1 N–H and O–H groups in total. The van der Waals surface area contributed by atoms with Crippen molar-refractivity contribution in [2.75, 3.05) is 5.32 Å². The molecule has 0 radical (unpaired) electrons. The van der Waals surface area contributed by atoms with Crippen LogP contribution in [-0.2, 0) is 4.79 Å². The number of carbonyl (C=O) groups excluding carboxylic acids is 3. The van der Waals surface area contributed by atoms with Gasteiger partial charge in [0.15, 0.2) is 0 Å². The monoisotopic (exact) mass is 386 g/mol. The number of amides is 3. The molecular weight excluding hydrogens is 364 g/mol. The zero-order valence-corrected chi connectivity index (χ0v) is 16.5. The highest BCUT2D eigenvalue weighted by Gasteiger charge is 2.44. The quantitative estimate of drug-likeness (QED) is 0.769. The average molecular weight is 386 g/mol. The predicted octanol–water partition coefficient (Wildman–Crippen LogP) is 3.31. The summed E-state index contributed by atoms with van der Waals surface area (Å²) in [6.07, 6.45) is 0.638. The number of nitrogens with zero attached hydrogens (tertiary/aromatic N) is 3. The van der Waals surface area contributed by atoms with Gasteiger partial charge in [-0.1, -0.05) is 57.6 Å². The maximum absolute atomic E-state index is 13.0. The van der Waals surface area contributed by atoms with Crippen LogP contribution < -0.4 is 5.32 Å². The predicted molar refractivity (Wildman–Crippen MR) is 103 cm³/mol. The number of rotatable bonds is 6. The maximum atomic E-state index is 13.0. The lowest BCUT2D eigenvalue weighted by molar-refractivity contribution is -0.121. The third kappa shape index (κ3) is 3.49. The first-order valence-corrected chi connectivity index (χ1v) is 9.78. The third-order valence-corrected chi connectivity index (χ3v) is 5.86. The second-order valence-corrected chi connectivity index (χ2v) is 7.95. The number of anilines is 1. The van der Waals surface area contributed by atoms with Gasteiger partial charge in [-0.2, -0.15) is 0 Å². The van der Waals surface area contributed by atoms with Gasteiger partial charge in [0.05, 0.1) is 11.1 Å². The first kappa shape index (κ1) is 19.2. The molecule has 142 valence electrons. The van der Waals surface area contributed by atoms with Crippen LogP contribution in [0, 0.1) is 5.92 Å². The fraction of sp³-hybridized carbons (Fsp3) is 0.421. The summed E-state index contributed by atoms with van der Waals surface area (Å²) in [5.41, 5.74) is 0.670. The van der Waals surface area contributed by atoms with E-state index in [1.807, 2.05) is 27.7 Å². The highest BCUT2D eigenvalue weighted by atomic mass is 32.1. The fourth-order valence-corrected chi connectivity index (χ4v) is 3.76. The maximum Gasteiger partial charge on any atom is 0.262 e. The molecule has 2 atom stereocenters. The first-order valence-electron chi connectivity index (χ1n) is 8.96. The first-order chi connectivity index (χ1) is 12.8. The van der Waals surface area contributed by atoms with Crippen molar-refractivity contribution in [3.05, 3.63) is 40.4 Å². The molecule has 0 saturated carbocycles. The Morgan fingerprint density at radius 2 is 1.70 bits per heavy atom. The van der Waals surface area contributed by atoms with Crippen LogP contribution in [0.4, 0.5) is 5.13 Å². The van der Waals surface area contributed by atoms with Gasteiger partial charge in [-0.05, 0) is 18.1 Å². The summed E-state index contributed by atoms with van der Waals surface area (Å²) in [4.78, 5) is 39.7. The van der Waals surface area contributed by atoms with Gasteiger partial charge in [-0.3, -0.25) is 24.6 Å². The number of imide groups is 1. The minimum atomic E-state index is -0.909. The van der Waals surface area contributed by atoms with E-state index >= 15 is 0 Å². The molecule has 0 unspecified atom stereocenters. The molecule has 0 fully saturated rings. The normalized spacial score (nSPS) is 15.8. The fourth-order valence-electron chi connectivity index (χ4n) is 3.01. The van der Waals surface area contributed by atoms with Crippen LogP contribution in [0.2, 0.25) is 0 Å². The van der Waals surface area contributed by atoms with Crippen LogP contribution in [0.25, 0.3) is 0 Å². The third-order valence-electron chi connectivity index (χ3n) is 4.72. The minimum Gasteiger partial charge on any atom is -0.299 e. The largest absolute Gasteiger partial charge is 0.299 e. The van der Waals surface area contributed by atoms with Gasteiger partial charge in [0.1, 0.15) is 11.0 Å². The number of fused-ring (bicyclic) bond motifs is 1. The summed E-state index contributed by atoms with van der Waals surface area (Å²) < 4.78 is 0. The van der Waals surface area contributed by atoms with Gasteiger partial charge in [-0.25, -0.2) is 0 Å². The van der Waals surface area contributed by atoms with Crippen molar-refractivity contribution in [1.82, 2.24) is 15.1 Å². The zero-order chi connectivity index (χ0) is 19.7. The van der Waals surface area contributed by atoms with E-state index in [1.165, 1.54) is 11.3 Å². The number of carbonyl (C=O) groups is 3. The summed E-state index contributed by atoms with van der Waals surface area (Å²) in [5, 5.41) is 12.0. The second kappa shape index (κ2) is 7.56. The molecule has 2 aromatic rings. The number of nitrogens with one attached hydrogen (secondary N) is 1. The van der Waals surface area contributed by atoms with Gasteiger partial charge >= 0.3 is 0 Å². The van der Waals surface area contributed by atoms with Gasteiger partial charge in [0.25, 0.3) is 11.8 Å². The van der Waals surface area contributed by atoms with Crippen molar-refractivity contribution >= 4 is 34.2 Å². The highest BCUT2D eigenvalue weighted by molar-refractivity contribution is 7.15. The van der Waals surface area contributed by atoms with Gasteiger partial charge in [0, 0.05) is 5.92 Å². The van der Waals surface area contributed by atoms with Gasteiger partial charge in [-0.15, -0.1) is 10.2 Å². The number of benzene rings is 1. The van der Waals surface area contributed by atoms with Crippen LogP contribution in [0.1, 0.15) is 65.8 Å². The molecule has 8 heteroatoms. The molecule has 27 heavy (non-hydrogen) atoms. The van der Waals surface area contributed by atoms with Crippen molar-refractivity contribution in [3.63, 3.8) is 0 Å². The van der Waals surface area contributed by atoms with Gasteiger partial charge in [0.2, 0.25) is 11.0 Å². The summed E-state index contributed by atoms with van der Waals surface area (Å²) in [6.45, 7) is 7.76. The van der Waals surface area contributed by atoms with Crippen LogP contribution in [-0.4, -0.2) is 38.9 Å². The standard InChI is InChI=1S/C19H22N4O3S/c1-5-11(4)14(15(24)20-19-22-21-16(27-19)10(2)3)23-17(25)12-8-6-7-9-13(12)18(23)26/h6-11,14H,5H2,1-4H3,(H,20,22,24)/t11-,14-/m1/s1. The van der Waals surface area contributed by atoms with E-state index in [-0.39, 0.29) is 11.8 Å². The van der Waals surface area contributed by atoms with Crippen LogP contribution in [0.5, 0.6) is 0 Å². The molecule has 0 aliphatic carbocycles. The Bertz CT molecular complexity index is 858. The van der Waals surface area contributed by atoms with Crippen LogP contribution >= 0.6 is 11.3 Å². The molecule has 3 rings (SSSR count). The Kier molecular flexibility index (Phi) is 5.36. The molecule has 1 aromatic heterocycles. The van der Waals surface area contributed by atoms with Crippen LogP contribution in [0.15, 0.2) is 24.3 Å². The van der Waals surface area contributed by atoms with E-state index < -0.39 is 23.8 Å². The lowest BCUT2D eigenvalue weighted by atomic mass is 9.96. The number of aromatic nitrogens is 2. The Balaban J connectivity index is 1.89. The van der Waals surface area contributed by atoms with E-state index in [0.29, 0.717) is 22.7 Å². The SMILES string of the molecule is CC[C@@H](C)[C@H](C(=O)Nc1nnc(C(C)C)s1)N1C(=O)c2ccccc2C1=O. The molecule has 0 spiro atoms.